The Labute approximate surface area is 130 Å². The smallest absolute Gasteiger partial charge is 0.207 e. The van der Waals surface area contributed by atoms with Crippen molar-refractivity contribution in [2.24, 2.45) is 0 Å². The van der Waals surface area contributed by atoms with Gasteiger partial charge in [-0.2, -0.15) is 5.26 Å². The Morgan fingerprint density at radius 1 is 1.09 bits per heavy atom. The lowest BCUT2D eigenvalue weighted by Crippen LogP contribution is -2.31. The minimum Gasteiger partial charge on any atom is -0.207 e. The van der Waals surface area contributed by atoms with Crippen LogP contribution >= 0.6 is 0 Å². The monoisotopic (exact) mass is 312 g/mol. The summed E-state index contributed by atoms with van der Waals surface area (Å²) in [5, 5.41) is 8.79. The van der Waals surface area contributed by atoms with Crippen molar-refractivity contribution in [3.63, 3.8) is 0 Å². The number of benzene rings is 2. The van der Waals surface area contributed by atoms with E-state index in [1.54, 1.807) is 0 Å². The Kier molecular flexibility index (Phi) is 3.97. The average Bonchev–Trinajstić information content (AvgIpc) is 2.55. The molecule has 112 valence electrons. The Morgan fingerprint density at radius 3 is 2.55 bits per heavy atom. The lowest BCUT2D eigenvalue weighted by molar-refractivity contribution is 0.507. The van der Waals surface area contributed by atoms with Gasteiger partial charge < -0.3 is 0 Å². The zero-order valence-electron chi connectivity index (χ0n) is 12.0. The van der Waals surface area contributed by atoms with Crippen LogP contribution in [0, 0.1) is 11.3 Å². The highest BCUT2D eigenvalue weighted by atomic mass is 32.2. The van der Waals surface area contributed by atoms with E-state index in [1.165, 1.54) is 29.8 Å². The molecule has 0 amide bonds. The van der Waals surface area contributed by atoms with Gasteiger partial charge in [-0.25, -0.2) is 13.1 Å². The van der Waals surface area contributed by atoms with E-state index in [9.17, 15) is 8.42 Å². The van der Waals surface area contributed by atoms with Gasteiger partial charge in [-0.3, -0.25) is 0 Å². The number of nitrogens with zero attached hydrogens (tertiary/aromatic N) is 1. The fraction of sp³-hybridized carbons (Fsp3) is 0.235. The van der Waals surface area contributed by atoms with E-state index in [1.807, 2.05) is 24.3 Å². The molecule has 0 aromatic heterocycles. The topological polar surface area (TPSA) is 70.0 Å². The largest absolute Gasteiger partial charge is 0.241 e. The molecule has 0 unspecified atom stereocenters. The van der Waals surface area contributed by atoms with Crippen molar-refractivity contribution < 1.29 is 8.42 Å². The third-order valence-electron chi connectivity index (χ3n) is 3.96. The summed E-state index contributed by atoms with van der Waals surface area (Å²) in [5.41, 5.74) is 2.72. The van der Waals surface area contributed by atoms with Gasteiger partial charge in [-0.15, -0.1) is 0 Å². The highest BCUT2D eigenvalue weighted by Crippen LogP contribution is 2.30. The van der Waals surface area contributed by atoms with E-state index >= 15 is 0 Å². The zero-order valence-corrected chi connectivity index (χ0v) is 12.8. The predicted octanol–water partition coefficient (Wildman–Crippen LogP) is 2.91. The van der Waals surface area contributed by atoms with Gasteiger partial charge in [0.25, 0.3) is 0 Å². The van der Waals surface area contributed by atoms with Gasteiger partial charge in [-0.05, 0) is 54.7 Å². The molecule has 1 N–H and O–H groups in total. The van der Waals surface area contributed by atoms with E-state index < -0.39 is 10.0 Å². The molecule has 4 nitrogen and oxygen atoms in total. The van der Waals surface area contributed by atoms with Crippen LogP contribution < -0.4 is 4.72 Å². The molecule has 0 saturated carbocycles. The number of sulfonamides is 1. The molecule has 1 aliphatic carbocycles. The maximum absolute atomic E-state index is 12.5. The minimum atomic E-state index is -3.59. The third-order valence-corrected chi connectivity index (χ3v) is 5.45. The third kappa shape index (κ3) is 2.89. The quantitative estimate of drug-likeness (QED) is 0.947. The second-order valence-corrected chi connectivity index (χ2v) is 7.12. The van der Waals surface area contributed by atoms with Crippen molar-refractivity contribution in [2.45, 2.75) is 30.2 Å². The van der Waals surface area contributed by atoms with E-state index in [0.717, 1.165) is 24.8 Å². The summed E-state index contributed by atoms with van der Waals surface area (Å²) in [6, 6.07) is 15.7. The number of rotatable bonds is 3. The molecule has 1 aliphatic rings. The fourth-order valence-electron chi connectivity index (χ4n) is 2.84. The summed E-state index contributed by atoms with van der Waals surface area (Å²) in [6.07, 6.45) is 2.76. The van der Waals surface area contributed by atoms with Gasteiger partial charge in [0.1, 0.15) is 0 Å². The van der Waals surface area contributed by atoms with E-state index in [-0.39, 0.29) is 10.9 Å². The molecule has 3 rings (SSSR count). The first kappa shape index (κ1) is 14.8. The van der Waals surface area contributed by atoms with Crippen LogP contribution in [-0.4, -0.2) is 8.42 Å². The van der Waals surface area contributed by atoms with Gasteiger partial charge in [0.15, 0.2) is 0 Å². The summed E-state index contributed by atoms with van der Waals surface area (Å²) < 4.78 is 27.8. The lowest BCUT2D eigenvalue weighted by atomic mass is 9.88. The number of aryl methyl sites for hydroxylation is 1. The molecule has 1 atom stereocenters. The normalized spacial score (nSPS) is 17.5. The average molecular weight is 312 g/mol. The second-order valence-electron chi connectivity index (χ2n) is 5.40. The van der Waals surface area contributed by atoms with Crippen LogP contribution in [0.25, 0.3) is 0 Å². The van der Waals surface area contributed by atoms with Crippen molar-refractivity contribution >= 4 is 10.0 Å². The van der Waals surface area contributed by atoms with Crippen LogP contribution in [0.2, 0.25) is 0 Å². The van der Waals surface area contributed by atoms with Crippen molar-refractivity contribution in [3.8, 4) is 6.07 Å². The highest BCUT2D eigenvalue weighted by molar-refractivity contribution is 7.89. The second kappa shape index (κ2) is 5.91. The summed E-state index contributed by atoms with van der Waals surface area (Å²) >= 11 is 0. The molecular formula is C17H16N2O2S. The number of fused-ring (bicyclic) bond motifs is 1. The van der Waals surface area contributed by atoms with Crippen molar-refractivity contribution in [1.29, 1.82) is 5.26 Å². The number of hydrogen-bond acceptors (Lipinski definition) is 3. The number of nitrogens with one attached hydrogen (secondary N) is 1. The molecule has 5 heteroatoms. The molecule has 2 aromatic carbocycles. The minimum absolute atomic E-state index is 0.189. The Hall–Kier alpha value is -2.16. The molecular weight excluding hydrogens is 296 g/mol. The molecule has 0 bridgehead atoms. The Morgan fingerprint density at radius 2 is 1.82 bits per heavy atom. The lowest BCUT2D eigenvalue weighted by Gasteiger charge is -2.26. The van der Waals surface area contributed by atoms with E-state index in [2.05, 4.69) is 10.8 Å². The molecule has 0 fully saturated rings. The Balaban J connectivity index is 1.87. The van der Waals surface area contributed by atoms with Crippen LogP contribution in [0.1, 0.15) is 35.6 Å². The summed E-state index contributed by atoms with van der Waals surface area (Å²) in [4.78, 5) is 0.189. The van der Waals surface area contributed by atoms with E-state index in [4.69, 9.17) is 5.26 Å². The molecule has 0 spiro atoms. The first-order chi connectivity index (χ1) is 10.6. The maximum Gasteiger partial charge on any atom is 0.241 e. The van der Waals surface area contributed by atoms with Crippen LogP contribution in [-0.2, 0) is 16.4 Å². The SMILES string of the molecule is N#Cc1ccc(S(=O)(=O)N[C@@H]2CCCc3ccccc32)cc1. The first-order valence-corrected chi connectivity index (χ1v) is 8.69. The number of nitriles is 1. The van der Waals surface area contributed by atoms with Crippen molar-refractivity contribution in [2.75, 3.05) is 0 Å². The first-order valence-electron chi connectivity index (χ1n) is 7.20. The van der Waals surface area contributed by atoms with Crippen molar-refractivity contribution in [1.82, 2.24) is 4.72 Å². The Bertz CT molecular complexity index is 820. The molecule has 0 radical (unpaired) electrons. The van der Waals surface area contributed by atoms with Crippen LogP contribution in [0.3, 0.4) is 0 Å². The van der Waals surface area contributed by atoms with Crippen LogP contribution in [0.15, 0.2) is 53.4 Å². The van der Waals surface area contributed by atoms with Crippen LogP contribution in [0.5, 0.6) is 0 Å². The van der Waals surface area contributed by atoms with Crippen molar-refractivity contribution in [3.05, 3.63) is 65.2 Å². The highest BCUT2D eigenvalue weighted by Gasteiger charge is 2.25. The standard InChI is InChI=1S/C17H16N2O2S/c18-12-13-8-10-15(11-9-13)22(20,21)19-17-7-3-5-14-4-1-2-6-16(14)17/h1-2,4,6,8-11,17,19H,3,5,7H2/t17-/m1/s1. The van der Waals surface area contributed by atoms with Crippen LogP contribution in [0.4, 0.5) is 0 Å². The van der Waals surface area contributed by atoms with E-state index in [0.29, 0.717) is 5.56 Å². The summed E-state index contributed by atoms with van der Waals surface area (Å²) in [5.74, 6) is 0. The predicted molar refractivity (Wildman–Crippen MR) is 83.6 cm³/mol. The number of hydrogen-bond donors (Lipinski definition) is 1. The molecule has 2 aromatic rings. The van der Waals surface area contributed by atoms with Gasteiger partial charge in [0.05, 0.1) is 16.5 Å². The fourth-order valence-corrected chi connectivity index (χ4v) is 4.09. The van der Waals surface area contributed by atoms with Gasteiger partial charge in [0, 0.05) is 6.04 Å². The maximum atomic E-state index is 12.5. The molecule has 0 saturated heterocycles. The molecule has 0 heterocycles. The summed E-state index contributed by atoms with van der Waals surface area (Å²) in [7, 11) is -3.59. The van der Waals surface area contributed by atoms with Gasteiger partial charge >= 0.3 is 0 Å². The summed E-state index contributed by atoms with van der Waals surface area (Å²) in [6.45, 7) is 0. The van der Waals surface area contributed by atoms with Gasteiger partial charge in [-0.1, -0.05) is 24.3 Å². The van der Waals surface area contributed by atoms with Gasteiger partial charge in [0.2, 0.25) is 10.0 Å². The molecule has 0 aliphatic heterocycles. The zero-order chi connectivity index (χ0) is 15.6. The molecule has 22 heavy (non-hydrogen) atoms.